The fourth-order valence-corrected chi connectivity index (χ4v) is 4.61. The number of amides is 2. The number of hydrogen-bond acceptors (Lipinski definition) is 6. The van der Waals surface area contributed by atoms with Gasteiger partial charge in [0.2, 0.25) is 10.0 Å². The summed E-state index contributed by atoms with van der Waals surface area (Å²) in [5.74, 6) is -1.36. The van der Waals surface area contributed by atoms with Crippen molar-refractivity contribution >= 4 is 27.5 Å². The second-order valence-corrected chi connectivity index (χ2v) is 8.64. The molecule has 1 heterocycles. The van der Waals surface area contributed by atoms with E-state index in [9.17, 15) is 28.1 Å². The van der Waals surface area contributed by atoms with Gasteiger partial charge in [-0.1, -0.05) is 12.5 Å². The Morgan fingerprint density at radius 3 is 2.10 bits per heavy atom. The predicted octanol–water partition coefficient (Wildman–Crippen LogP) is 1.84. The number of piperidine rings is 1. The Bertz CT molecular complexity index is 1060. The van der Waals surface area contributed by atoms with E-state index in [1.165, 1.54) is 52.8 Å². The zero-order valence-electron chi connectivity index (χ0n) is 15.9. The Kier molecular flexibility index (Phi) is 6.43. The highest BCUT2D eigenvalue weighted by Gasteiger charge is 2.26. The highest BCUT2D eigenvalue weighted by molar-refractivity contribution is 7.89. The molecular formula is C19H20N4O6S. The number of nitro benzene ring substituents is 1. The molecule has 0 saturated carbocycles. The molecule has 1 fully saturated rings. The summed E-state index contributed by atoms with van der Waals surface area (Å²) in [5, 5.41) is 10.7. The van der Waals surface area contributed by atoms with E-state index in [-0.39, 0.29) is 21.7 Å². The van der Waals surface area contributed by atoms with Crippen LogP contribution < -0.4 is 10.9 Å². The van der Waals surface area contributed by atoms with Crippen molar-refractivity contribution in [1.29, 1.82) is 0 Å². The third-order valence-electron chi connectivity index (χ3n) is 4.68. The first kappa shape index (κ1) is 21.4. The molecule has 10 nitrogen and oxygen atoms in total. The molecule has 11 heteroatoms. The van der Waals surface area contributed by atoms with Crippen LogP contribution in [0.5, 0.6) is 0 Å². The summed E-state index contributed by atoms with van der Waals surface area (Å²) in [6.07, 6.45) is 2.59. The molecule has 158 valence electrons. The molecule has 0 unspecified atom stereocenters. The van der Waals surface area contributed by atoms with Crippen LogP contribution in [0.15, 0.2) is 53.4 Å². The normalized spacial score (nSPS) is 14.7. The van der Waals surface area contributed by atoms with Crippen molar-refractivity contribution in [3.05, 3.63) is 69.8 Å². The summed E-state index contributed by atoms with van der Waals surface area (Å²) in [6.45, 7) is 0.897. The summed E-state index contributed by atoms with van der Waals surface area (Å²) in [6, 6.07) is 10.4. The van der Waals surface area contributed by atoms with E-state index in [4.69, 9.17) is 0 Å². The van der Waals surface area contributed by atoms with Gasteiger partial charge in [-0.2, -0.15) is 4.31 Å². The zero-order chi connectivity index (χ0) is 21.7. The highest BCUT2D eigenvalue weighted by atomic mass is 32.2. The van der Waals surface area contributed by atoms with Crippen LogP contribution in [0.25, 0.3) is 0 Å². The lowest BCUT2D eigenvalue weighted by atomic mass is 10.2. The van der Waals surface area contributed by atoms with Gasteiger partial charge in [-0.05, 0) is 43.2 Å². The number of nitro groups is 1. The number of carbonyl (C=O) groups excluding carboxylic acids is 2. The Morgan fingerprint density at radius 2 is 1.50 bits per heavy atom. The maximum atomic E-state index is 12.8. The number of rotatable bonds is 5. The fourth-order valence-electron chi connectivity index (χ4n) is 3.04. The van der Waals surface area contributed by atoms with Gasteiger partial charge in [-0.3, -0.25) is 30.6 Å². The van der Waals surface area contributed by atoms with Gasteiger partial charge >= 0.3 is 0 Å². The Balaban J connectivity index is 1.66. The molecule has 0 aliphatic carbocycles. The Morgan fingerprint density at radius 1 is 0.900 bits per heavy atom. The van der Waals surface area contributed by atoms with Gasteiger partial charge in [-0.15, -0.1) is 0 Å². The number of hydrazine groups is 1. The highest BCUT2D eigenvalue weighted by Crippen LogP contribution is 2.21. The number of benzene rings is 2. The van der Waals surface area contributed by atoms with Crippen molar-refractivity contribution in [2.24, 2.45) is 0 Å². The van der Waals surface area contributed by atoms with Gasteiger partial charge < -0.3 is 0 Å². The molecular weight excluding hydrogens is 412 g/mol. The maximum absolute atomic E-state index is 12.8. The molecule has 1 saturated heterocycles. The van der Waals surface area contributed by atoms with Crippen LogP contribution >= 0.6 is 0 Å². The maximum Gasteiger partial charge on any atom is 0.269 e. The lowest BCUT2D eigenvalue weighted by molar-refractivity contribution is -0.384. The lowest BCUT2D eigenvalue weighted by Crippen LogP contribution is -2.41. The molecule has 1 aliphatic rings. The van der Waals surface area contributed by atoms with E-state index in [0.29, 0.717) is 13.1 Å². The molecule has 30 heavy (non-hydrogen) atoms. The van der Waals surface area contributed by atoms with Crippen molar-refractivity contribution < 1.29 is 22.9 Å². The molecule has 2 amide bonds. The standard InChI is InChI=1S/C19H20N4O6S/c24-18(14-7-9-16(10-8-14)23(26)27)20-21-19(25)15-5-4-6-17(13-15)30(28,29)22-11-2-1-3-12-22/h4-10,13H,1-3,11-12H2,(H,20,24)(H,21,25). The van der Waals surface area contributed by atoms with E-state index in [2.05, 4.69) is 10.9 Å². The van der Waals surface area contributed by atoms with Gasteiger partial charge in [0.15, 0.2) is 0 Å². The quantitative estimate of drug-likeness (QED) is 0.546. The summed E-state index contributed by atoms with van der Waals surface area (Å²) in [4.78, 5) is 34.5. The molecule has 0 spiro atoms. The van der Waals surface area contributed by atoms with E-state index < -0.39 is 26.8 Å². The van der Waals surface area contributed by atoms with Crippen LogP contribution in [-0.4, -0.2) is 42.6 Å². The van der Waals surface area contributed by atoms with Gasteiger partial charge in [0.25, 0.3) is 17.5 Å². The molecule has 3 rings (SSSR count). The average molecular weight is 432 g/mol. The third-order valence-corrected chi connectivity index (χ3v) is 6.57. The number of non-ortho nitro benzene ring substituents is 1. The number of nitrogens with zero attached hydrogens (tertiary/aromatic N) is 2. The minimum atomic E-state index is -3.69. The topological polar surface area (TPSA) is 139 Å². The Labute approximate surface area is 173 Å². The van der Waals surface area contributed by atoms with E-state index in [1.807, 2.05) is 0 Å². The summed E-state index contributed by atoms with van der Waals surface area (Å²) < 4.78 is 26.9. The van der Waals surface area contributed by atoms with E-state index >= 15 is 0 Å². The van der Waals surface area contributed by atoms with E-state index in [1.54, 1.807) is 0 Å². The van der Waals surface area contributed by atoms with Crippen LogP contribution in [0.3, 0.4) is 0 Å². The zero-order valence-corrected chi connectivity index (χ0v) is 16.7. The smallest absolute Gasteiger partial charge is 0.267 e. The molecule has 1 aliphatic heterocycles. The molecule has 0 bridgehead atoms. The summed E-state index contributed by atoms with van der Waals surface area (Å²) in [5.41, 5.74) is 4.43. The monoisotopic (exact) mass is 432 g/mol. The summed E-state index contributed by atoms with van der Waals surface area (Å²) in [7, 11) is -3.69. The first-order valence-corrected chi connectivity index (χ1v) is 10.7. The van der Waals surface area contributed by atoms with Crippen LogP contribution in [-0.2, 0) is 10.0 Å². The fraction of sp³-hybridized carbons (Fsp3) is 0.263. The first-order valence-electron chi connectivity index (χ1n) is 9.24. The van der Waals surface area contributed by atoms with Gasteiger partial charge in [-0.25, -0.2) is 8.42 Å². The molecule has 2 N–H and O–H groups in total. The largest absolute Gasteiger partial charge is 0.269 e. The lowest BCUT2D eigenvalue weighted by Gasteiger charge is -2.26. The number of carbonyl (C=O) groups is 2. The van der Waals surface area contributed by atoms with Gasteiger partial charge in [0, 0.05) is 36.3 Å². The third kappa shape index (κ3) is 4.81. The predicted molar refractivity (Wildman–Crippen MR) is 107 cm³/mol. The molecule has 2 aromatic carbocycles. The average Bonchev–Trinajstić information content (AvgIpc) is 2.78. The van der Waals surface area contributed by atoms with Gasteiger partial charge in [0.05, 0.1) is 9.82 Å². The van der Waals surface area contributed by atoms with Crippen molar-refractivity contribution in [2.75, 3.05) is 13.1 Å². The number of hydrogen-bond donors (Lipinski definition) is 2. The molecule has 2 aromatic rings. The SMILES string of the molecule is O=C(NNC(=O)c1cccc(S(=O)(=O)N2CCCCC2)c1)c1ccc([N+](=O)[O-])cc1. The van der Waals surface area contributed by atoms with Crippen molar-refractivity contribution in [3.8, 4) is 0 Å². The minimum Gasteiger partial charge on any atom is -0.267 e. The van der Waals surface area contributed by atoms with E-state index in [0.717, 1.165) is 19.3 Å². The van der Waals surface area contributed by atoms with Crippen molar-refractivity contribution in [2.45, 2.75) is 24.2 Å². The molecule has 0 aromatic heterocycles. The van der Waals surface area contributed by atoms with Crippen LogP contribution in [0.2, 0.25) is 0 Å². The number of sulfonamides is 1. The Hall–Kier alpha value is -3.31. The van der Waals surface area contributed by atoms with Gasteiger partial charge in [0.1, 0.15) is 0 Å². The van der Waals surface area contributed by atoms with Crippen LogP contribution in [0.1, 0.15) is 40.0 Å². The van der Waals surface area contributed by atoms with Crippen LogP contribution in [0.4, 0.5) is 5.69 Å². The molecule has 0 atom stereocenters. The van der Waals surface area contributed by atoms with Crippen molar-refractivity contribution in [1.82, 2.24) is 15.2 Å². The second kappa shape index (κ2) is 9.01. The molecule has 0 radical (unpaired) electrons. The first-order chi connectivity index (χ1) is 14.3. The summed E-state index contributed by atoms with van der Waals surface area (Å²) >= 11 is 0. The number of nitrogens with one attached hydrogen (secondary N) is 2. The minimum absolute atomic E-state index is 0.0127. The van der Waals surface area contributed by atoms with Crippen molar-refractivity contribution in [3.63, 3.8) is 0 Å². The second-order valence-electron chi connectivity index (χ2n) is 6.70. The van der Waals surface area contributed by atoms with Crippen LogP contribution in [0, 0.1) is 10.1 Å².